The Morgan fingerprint density at radius 1 is 1.32 bits per heavy atom. The molecule has 4 heteroatoms. The highest BCUT2D eigenvalue weighted by Crippen LogP contribution is 2.19. The lowest BCUT2D eigenvalue weighted by Gasteiger charge is -2.37. The molecule has 4 nitrogen and oxygen atoms in total. The maximum atomic E-state index is 11.9. The van der Waals surface area contributed by atoms with Gasteiger partial charge >= 0.3 is 6.09 Å². The number of amides is 1. The van der Waals surface area contributed by atoms with Crippen LogP contribution in [0.3, 0.4) is 0 Å². The Labute approximate surface area is 133 Å². The zero-order valence-corrected chi connectivity index (χ0v) is 14.1. The molecule has 2 rings (SSSR count). The first-order valence-electron chi connectivity index (χ1n) is 8.09. The lowest BCUT2D eigenvalue weighted by Crippen LogP contribution is -2.50. The van der Waals surface area contributed by atoms with Gasteiger partial charge in [-0.2, -0.15) is 0 Å². The number of rotatable bonds is 3. The van der Waals surface area contributed by atoms with Gasteiger partial charge in [-0.05, 0) is 38.7 Å². The van der Waals surface area contributed by atoms with E-state index in [1.807, 2.05) is 26.8 Å². The van der Waals surface area contributed by atoms with E-state index in [9.17, 15) is 4.79 Å². The zero-order chi connectivity index (χ0) is 16.2. The minimum Gasteiger partial charge on any atom is -0.444 e. The Hall–Kier alpha value is -1.55. The molecule has 1 heterocycles. The number of ether oxygens (including phenoxy) is 1. The maximum absolute atomic E-state index is 11.9. The second kappa shape index (κ2) is 7.14. The number of piperidine rings is 1. The van der Waals surface area contributed by atoms with Gasteiger partial charge < -0.3 is 10.1 Å². The Balaban J connectivity index is 1.81. The number of hydrogen-bond donors (Lipinski definition) is 1. The molecule has 2 atom stereocenters. The molecule has 1 aliphatic heterocycles. The number of carbonyl (C=O) groups is 1. The largest absolute Gasteiger partial charge is 0.444 e. The molecule has 0 aromatic heterocycles. The van der Waals surface area contributed by atoms with Crippen LogP contribution >= 0.6 is 0 Å². The third-order valence-electron chi connectivity index (χ3n) is 3.94. The summed E-state index contributed by atoms with van der Waals surface area (Å²) in [6, 6.07) is 10.7. The van der Waals surface area contributed by atoms with Crippen molar-refractivity contribution in [2.75, 3.05) is 13.1 Å². The number of benzene rings is 1. The molecule has 0 aliphatic carbocycles. The van der Waals surface area contributed by atoms with E-state index in [0.29, 0.717) is 5.92 Å². The van der Waals surface area contributed by atoms with E-state index in [4.69, 9.17) is 4.74 Å². The van der Waals surface area contributed by atoms with E-state index < -0.39 is 5.60 Å². The van der Waals surface area contributed by atoms with Gasteiger partial charge in [0.25, 0.3) is 0 Å². The van der Waals surface area contributed by atoms with Crippen molar-refractivity contribution >= 4 is 6.09 Å². The van der Waals surface area contributed by atoms with Crippen molar-refractivity contribution in [3.8, 4) is 0 Å². The van der Waals surface area contributed by atoms with Crippen molar-refractivity contribution in [3.05, 3.63) is 35.9 Å². The van der Waals surface area contributed by atoms with Gasteiger partial charge in [0, 0.05) is 25.7 Å². The van der Waals surface area contributed by atoms with Crippen molar-refractivity contribution in [3.63, 3.8) is 0 Å². The molecule has 1 amide bonds. The lowest BCUT2D eigenvalue weighted by atomic mass is 9.93. The first kappa shape index (κ1) is 16.8. The summed E-state index contributed by atoms with van der Waals surface area (Å²) < 4.78 is 5.35. The summed E-state index contributed by atoms with van der Waals surface area (Å²) in [7, 11) is 0. The Bertz CT molecular complexity index is 482. The van der Waals surface area contributed by atoms with E-state index in [1.54, 1.807) is 0 Å². The number of hydrogen-bond acceptors (Lipinski definition) is 3. The van der Waals surface area contributed by atoms with Gasteiger partial charge in [0.15, 0.2) is 0 Å². The van der Waals surface area contributed by atoms with E-state index in [1.165, 1.54) is 5.56 Å². The monoisotopic (exact) mass is 304 g/mol. The first-order valence-corrected chi connectivity index (χ1v) is 8.09. The van der Waals surface area contributed by atoms with E-state index in [0.717, 1.165) is 26.1 Å². The van der Waals surface area contributed by atoms with Crippen LogP contribution in [0.15, 0.2) is 30.3 Å². The van der Waals surface area contributed by atoms with Crippen LogP contribution < -0.4 is 5.32 Å². The molecule has 1 aromatic rings. The van der Waals surface area contributed by atoms with Crippen molar-refractivity contribution in [1.29, 1.82) is 0 Å². The van der Waals surface area contributed by atoms with Gasteiger partial charge in [0.2, 0.25) is 0 Å². The highest BCUT2D eigenvalue weighted by molar-refractivity contribution is 5.68. The molecule has 122 valence electrons. The van der Waals surface area contributed by atoms with Crippen molar-refractivity contribution in [2.45, 2.75) is 52.3 Å². The molecular weight excluding hydrogens is 276 g/mol. The highest BCUT2D eigenvalue weighted by Gasteiger charge is 2.28. The number of alkyl carbamates (subject to hydrolysis) is 1. The van der Waals surface area contributed by atoms with Gasteiger partial charge in [-0.25, -0.2) is 4.79 Å². The SMILES string of the molecule is CC1CN(Cc2ccccc2)CCC1NC(=O)OC(C)(C)C. The van der Waals surface area contributed by atoms with E-state index in [2.05, 4.69) is 41.4 Å². The van der Waals surface area contributed by atoms with Crippen LogP contribution in [0.25, 0.3) is 0 Å². The summed E-state index contributed by atoms with van der Waals surface area (Å²) in [4.78, 5) is 14.3. The fraction of sp³-hybridized carbons (Fsp3) is 0.611. The normalized spacial score (nSPS) is 23.1. The molecule has 22 heavy (non-hydrogen) atoms. The Kier molecular flexibility index (Phi) is 5.46. The van der Waals surface area contributed by atoms with Crippen molar-refractivity contribution in [2.24, 2.45) is 5.92 Å². The summed E-state index contributed by atoms with van der Waals surface area (Å²) >= 11 is 0. The fourth-order valence-corrected chi connectivity index (χ4v) is 2.89. The second-order valence-electron chi connectivity index (χ2n) is 7.24. The van der Waals surface area contributed by atoms with Crippen molar-refractivity contribution in [1.82, 2.24) is 10.2 Å². The molecule has 0 radical (unpaired) electrons. The molecule has 1 aliphatic rings. The molecule has 1 N–H and O–H groups in total. The number of carbonyl (C=O) groups excluding carboxylic acids is 1. The van der Waals surface area contributed by atoms with Gasteiger partial charge in [0.1, 0.15) is 5.60 Å². The number of likely N-dealkylation sites (tertiary alicyclic amines) is 1. The second-order valence-corrected chi connectivity index (χ2v) is 7.24. The van der Waals surface area contributed by atoms with Gasteiger partial charge in [0.05, 0.1) is 0 Å². The van der Waals surface area contributed by atoms with Crippen LogP contribution in [0.2, 0.25) is 0 Å². The smallest absolute Gasteiger partial charge is 0.407 e. The van der Waals surface area contributed by atoms with Gasteiger partial charge in [-0.1, -0.05) is 37.3 Å². The topological polar surface area (TPSA) is 41.6 Å². The Morgan fingerprint density at radius 3 is 2.59 bits per heavy atom. The predicted octanol–water partition coefficient (Wildman–Crippen LogP) is 3.42. The highest BCUT2D eigenvalue weighted by atomic mass is 16.6. The first-order chi connectivity index (χ1) is 10.3. The van der Waals surface area contributed by atoms with Crippen LogP contribution in [0.5, 0.6) is 0 Å². The fourth-order valence-electron chi connectivity index (χ4n) is 2.89. The van der Waals surface area contributed by atoms with Gasteiger partial charge in [-0.15, -0.1) is 0 Å². The van der Waals surface area contributed by atoms with Crippen LogP contribution in [-0.4, -0.2) is 35.7 Å². The molecule has 1 saturated heterocycles. The van der Waals surface area contributed by atoms with Crippen LogP contribution in [-0.2, 0) is 11.3 Å². The summed E-state index contributed by atoms with van der Waals surface area (Å²) in [5.74, 6) is 0.421. The average Bonchev–Trinajstić information content (AvgIpc) is 2.41. The standard InChI is InChI=1S/C18H28N2O2/c1-14-12-20(13-15-8-6-5-7-9-15)11-10-16(14)19-17(21)22-18(2,3)4/h5-9,14,16H,10-13H2,1-4H3,(H,19,21). The lowest BCUT2D eigenvalue weighted by molar-refractivity contribution is 0.0440. The van der Waals surface area contributed by atoms with Crippen LogP contribution in [0, 0.1) is 5.92 Å². The summed E-state index contributed by atoms with van der Waals surface area (Å²) in [5, 5.41) is 3.02. The van der Waals surface area contributed by atoms with Crippen LogP contribution in [0.1, 0.15) is 39.7 Å². The van der Waals surface area contributed by atoms with Crippen LogP contribution in [0.4, 0.5) is 4.79 Å². The minimum absolute atomic E-state index is 0.196. The van der Waals surface area contributed by atoms with Crippen molar-refractivity contribution < 1.29 is 9.53 Å². The molecule has 0 bridgehead atoms. The molecule has 0 saturated carbocycles. The third-order valence-corrected chi connectivity index (χ3v) is 3.94. The molecule has 1 fully saturated rings. The summed E-state index contributed by atoms with van der Waals surface area (Å²) in [5.41, 5.74) is 0.898. The third kappa shape index (κ3) is 5.34. The van der Waals surface area contributed by atoms with E-state index >= 15 is 0 Å². The van der Waals surface area contributed by atoms with E-state index in [-0.39, 0.29) is 12.1 Å². The average molecular weight is 304 g/mol. The molecule has 1 aromatic carbocycles. The number of nitrogens with one attached hydrogen (secondary N) is 1. The zero-order valence-electron chi connectivity index (χ0n) is 14.1. The number of nitrogens with zero attached hydrogens (tertiary/aromatic N) is 1. The molecular formula is C18H28N2O2. The quantitative estimate of drug-likeness (QED) is 0.930. The maximum Gasteiger partial charge on any atom is 0.407 e. The Morgan fingerprint density at radius 2 is 2.00 bits per heavy atom. The molecule has 0 spiro atoms. The summed E-state index contributed by atoms with van der Waals surface area (Å²) in [6.07, 6.45) is 0.661. The molecule has 2 unspecified atom stereocenters. The minimum atomic E-state index is -0.443. The predicted molar refractivity (Wildman–Crippen MR) is 88.7 cm³/mol. The van der Waals surface area contributed by atoms with Gasteiger partial charge in [-0.3, -0.25) is 4.90 Å². The summed E-state index contributed by atoms with van der Waals surface area (Å²) in [6.45, 7) is 10.8.